The van der Waals surface area contributed by atoms with Gasteiger partial charge in [0.15, 0.2) is 0 Å². The van der Waals surface area contributed by atoms with E-state index in [0.717, 1.165) is 19.3 Å². The van der Waals surface area contributed by atoms with Crippen molar-refractivity contribution in [2.75, 3.05) is 26.3 Å². The van der Waals surface area contributed by atoms with Gasteiger partial charge in [0.2, 0.25) is 0 Å². The van der Waals surface area contributed by atoms with Crippen LogP contribution in [0.15, 0.2) is 24.3 Å². The maximum absolute atomic E-state index is 12.7. The number of carbonyl (C=O) groups is 1. The summed E-state index contributed by atoms with van der Waals surface area (Å²) < 4.78 is 11.5. The second kappa shape index (κ2) is 6.73. The van der Waals surface area contributed by atoms with Crippen LogP contribution in [0.4, 0.5) is 0 Å². The third kappa shape index (κ3) is 3.28. The Hall–Kier alpha value is -1.59. The first-order valence-electron chi connectivity index (χ1n) is 8.88. The molecule has 1 N–H and O–H groups in total. The van der Waals surface area contributed by atoms with Crippen molar-refractivity contribution in [3.05, 3.63) is 29.8 Å². The Labute approximate surface area is 143 Å². The van der Waals surface area contributed by atoms with E-state index >= 15 is 0 Å². The van der Waals surface area contributed by atoms with Crippen LogP contribution in [-0.2, 0) is 4.74 Å². The lowest BCUT2D eigenvalue weighted by Crippen LogP contribution is -2.63. The Morgan fingerprint density at radius 1 is 1.33 bits per heavy atom. The fourth-order valence-electron chi connectivity index (χ4n) is 3.75. The number of para-hydroxylation sites is 1. The number of benzene rings is 1. The zero-order chi connectivity index (χ0) is 17.2. The van der Waals surface area contributed by atoms with Gasteiger partial charge in [0.05, 0.1) is 37.5 Å². The molecule has 0 bridgehead atoms. The van der Waals surface area contributed by atoms with Gasteiger partial charge >= 0.3 is 0 Å². The molecule has 1 atom stereocenters. The molecule has 5 heteroatoms. The lowest BCUT2D eigenvalue weighted by Gasteiger charge is -2.47. The maximum atomic E-state index is 12.7. The minimum atomic E-state index is -0.728. The standard InChI is InChI=1S/C19H27NO4/c1-3-5-10-18(22)11-19(24-14-18)12-20(13-19)17(21)15-8-6-7-9-16(15)23-4-2/h6-9,22H,3-5,10-14H2,1-2H3. The van der Waals surface area contributed by atoms with Gasteiger partial charge in [-0.05, 0) is 25.5 Å². The predicted molar refractivity (Wildman–Crippen MR) is 91.3 cm³/mol. The molecule has 1 aromatic carbocycles. The minimum absolute atomic E-state index is 0.0303. The van der Waals surface area contributed by atoms with Gasteiger partial charge in [-0.25, -0.2) is 0 Å². The number of rotatable bonds is 6. The average molecular weight is 333 g/mol. The van der Waals surface area contributed by atoms with Crippen LogP contribution in [0, 0.1) is 0 Å². The molecular weight excluding hydrogens is 306 g/mol. The summed E-state index contributed by atoms with van der Waals surface area (Å²) in [5.41, 5.74) is -0.499. The van der Waals surface area contributed by atoms with E-state index in [9.17, 15) is 9.90 Å². The summed E-state index contributed by atoms with van der Waals surface area (Å²) in [6.07, 6.45) is 3.46. The first kappa shape index (κ1) is 17.2. The van der Waals surface area contributed by atoms with Gasteiger partial charge in [-0.1, -0.05) is 31.9 Å². The highest BCUT2D eigenvalue weighted by atomic mass is 16.5. The second-order valence-corrected chi connectivity index (χ2v) is 7.07. The molecular formula is C19H27NO4. The number of carbonyl (C=O) groups excluding carboxylic acids is 1. The van der Waals surface area contributed by atoms with E-state index < -0.39 is 5.60 Å². The molecule has 1 amide bonds. The molecule has 2 fully saturated rings. The fraction of sp³-hybridized carbons (Fsp3) is 0.632. The Morgan fingerprint density at radius 3 is 2.79 bits per heavy atom. The molecule has 1 aromatic rings. The highest BCUT2D eigenvalue weighted by molar-refractivity contribution is 5.97. The molecule has 3 rings (SSSR count). The van der Waals surface area contributed by atoms with Gasteiger partial charge in [0.25, 0.3) is 5.91 Å². The van der Waals surface area contributed by atoms with Gasteiger partial charge < -0.3 is 19.5 Å². The summed E-state index contributed by atoms with van der Waals surface area (Å²) in [4.78, 5) is 14.5. The smallest absolute Gasteiger partial charge is 0.257 e. The van der Waals surface area contributed by atoms with E-state index in [1.165, 1.54) is 0 Å². The van der Waals surface area contributed by atoms with Crippen molar-refractivity contribution in [1.82, 2.24) is 4.90 Å². The summed E-state index contributed by atoms with van der Waals surface area (Å²) in [7, 11) is 0. The van der Waals surface area contributed by atoms with Crippen molar-refractivity contribution in [3.63, 3.8) is 0 Å². The van der Waals surface area contributed by atoms with Crippen LogP contribution in [0.5, 0.6) is 5.75 Å². The summed E-state index contributed by atoms with van der Waals surface area (Å²) in [5.74, 6) is 0.593. The Morgan fingerprint density at radius 2 is 2.08 bits per heavy atom. The number of likely N-dealkylation sites (tertiary alicyclic amines) is 1. The molecule has 1 unspecified atom stereocenters. The number of nitrogens with zero attached hydrogens (tertiary/aromatic N) is 1. The molecule has 0 saturated carbocycles. The molecule has 24 heavy (non-hydrogen) atoms. The molecule has 132 valence electrons. The highest BCUT2D eigenvalue weighted by Crippen LogP contribution is 2.42. The summed E-state index contributed by atoms with van der Waals surface area (Å²) in [6, 6.07) is 7.33. The molecule has 1 spiro atoms. The number of hydrogen-bond donors (Lipinski definition) is 1. The molecule has 2 saturated heterocycles. The van der Waals surface area contributed by atoms with Crippen molar-refractivity contribution in [3.8, 4) is 5.75 Å². The van der Waals surface area contributed by atoms with E-state index in [1.807, 2.05) is 25.1 Å². The number of amides is 1. The van der Waals surface area contributed by atoms with Gasteiger partial charge in [-0.15, -0.1) is 0 Å². The van der Waals surface area contributed by atoms with Crippen molar-refractivity contribution >= 4 is 5.91 Å². The van der Waals surface area contributed by atoms with Crippen LogP contribution in [0.25, 0.3) is 0 Å². The van der Waals surface area contributed by atoms with Crippen molar-refractivity contribution < 1.29 is 19.4 Å². The topological polar surface area (TPSA) is 59.0 Å². The van der Waals surface area contributed by atoms with E-state index in [1.54, 1.807) is 11.0 Å². The second-order valence-electron chi connectivity index (χ2n) is 7.07. The van der Waals surface area contributed by atoms with E-state index in [2.05, 4.69) is 6.92 Å². The Balaban J connectivity index is 1.62. The number of aliphatic hydroxyl groups is 1. The molecule has 0 aliphatic carbocycles. The Kier molecular flexibility index (Phi) is 4.83. The molecule has 0 aromatic heterocycles. The monoisotopic (exact) mass is 333 g/mol. The van der Waals surface area contributed by atoms with Gasteiger partial charge in [-0.3, -0.25) is 4.79 Å². The first-order valence-corrected chi connectivity index (χ1v) is 8.88. The highest BCUT2D eigenvalue weighted by Gasteiger charge is 2.56. The zero-order valence-corrected chi connectivity index (χ0v) is 14.6. The van der Waals surface area contributed by atoms with Crippen molar-refractivity contribution in [1.29, 1.82) is 0 Å². The SMILES string of the molecule is CCCCC1(O)COC2(CN(C(=O)c3ccccc3OCC)C2)C1. The van der Waals surface area contributed by atoms with Gasteiger partial charge in [-0.2, -0.15) is 0 Å². The quantitative estimate of drug-likeness (QED) is 0.869. The van der Waals surface area contributed by atoms with Crippen LogP contribution in [0.1, 0.15) is 49.9 Å². The molecule has 2 aliphatic heterocycles. The van der Waals surface area contributed by atoms with Crippen LogP contribution in [0.2, 0.25) is 0 Å². The first-order chi connectivity index (χ1) is 11.5. The largest absolute Gasteiger partial charge is 0.493 e. The lowest BCUT2D eigenvalue weighted by molar-refractivity contribution is -0.0956. The third-order valence-corrected chi connectivity index (χ3v) is 4.96. The predicted octanol–water partition coefficient (Wildman–Crippen LogP) is 2.62. The molecule has 0 radical (unpaired) electrons. The maximum Gasteiger partial charge on any atom is 0.257 e. The zero-order valence-electron chi connectivity index (χ0n) is 14.6. The number of ether oxygens (including phenoxy) is 2. The average Bonchev–Trinajstić information content (AvgIpc) is 2.91. The van der Waals surface area contributed by atoms with Gasteiger partial charge in [0, 0.05) is 6.42 Å². The van der Waals surface area contributed by atoms with Crippen LogP contribution >= 0.6 is 0 Å². The molecule has 5 nitrogen and oxygen atoms in total. The summed E-state index contributed by atoms with van der Waals surface area (Å²) in [6.45, 7) is 6.02. The summed E-state index contributed by atoms with van der Waals surface area (Å²) in [5, 5.41) is 10.6. The van der Waals surface area contributed by atoms with Crippen LogP contribution in [-0.4, -0.2) is 53.4 Å². The van der Waals surface area contributed by atoms with E-state index in [0.29, 0.717) is 44.0 Å². The normalized spacial score (nSPS) is 24.9. The Bertz CT molecular complexity index is 597. The number of hydrogen-bond acceptors (Lipinski definition) is 4. The van der Waals surface area contributed by atoms with E-state index in [-0.39, 0.29) is 11.5 Å². The third-order valence-electron chi connectivity index (χ3n) is 4.96. The van der Waals surface area contributed by atoms with Crippen molar-refractivity contribution in [2.45, 2.75) is 50.7 Å². The van der Waals surface area contributed by atoms with Crippen molar-refractivity contribution in [2.24, 2.45) is 0 Å². The van der Waals surface area contributed by atoms with Crippen LogP contribution in [0.3, 0.4) is 0 Å². The van der Waals surface area contributed by atoms with Crippen LogP contribution < -0.4 is 4.74 Å². The molecule has 2 heterocycles. The fourth-order valence-corrected chi connectivity index (χ4v) is 3.75. The van der Waals surface area contributed by atoms with E-state index in [4.69, 9.17) is 9.47 Å². The minimum Gasteiger partial charge on any atom is -0.493 e. The lowest BCUT2D eigenvalue weighted by atomic mass is 9.82. The number of unbranched alkanes of at least 4 members (excludes halogenated alkanes) is 1. The van der Waals surface area contributed by atoms with Gasteiger partial charge in [0.1, 0.15) is 11.4 Å². The molecule has 2 aliphatic rings. The summed E-state index contributed by atoms with van der Waals surface area (Å²) >= 11 is 0.